The molecular weight excluding hydrogens is 655 g/mol. The molecule has 1 aliphatic rings. The summed E-state index contributed by atoms with van der Waals surface area (Å²) in [5.74, 6) is 0. The van der Waals surface area contributed by atoms with Crippen LogP contribution in [0.1, 0.15) is 137 Å². The molecule has 0 aliphatic carbocycles. The number of nitrogens with one attached hydrogen (secondary N) is 5. The molecular formula is C46H57N5S. The Hall–Kier alpha value is -4.42. The van der Waals surface area contributed by atoms with Crippen LogP contribution in [0.5, 0.6) is 0 Å². The van der Waals surface area contributed by atoms with Crippen LogP contribution in [0.15, 0.2) is 48.5 Å². The number of aromatic nitrogens is 5. The van der Waals surface area contributed by atoms with Gasteiger partial charge in [-0.15, -0.1) is 11.3 Å². The largest absolute Gasteiger partial charge is 0.354 e. The van der Waals surface area contributed by atoms with Gasteiger partial charge >= 0.3 is 0 Å². The molecule has 5 N–H and O–H groups in total. The van der Waals surface area contributed by atoms with Gasteiger partial charge in [-0.2, -0.15) is 0 Å². The number of H-pyrrole nitrogens is 5. The van der Waals surface area contributed by atoms with Crippen molar-refractivity contribution in [3.63, 3.8) is 0 Å². The second-order valence-corrected chi connectivity index (χ2v) is 15.8. The molecule has 6 heteroatoms. The van der Waals surface area contributed by atoms with Crippen molar-refractivity contribution in [2.75, 3.05) is 0 Å². The predicted octanol–water partition coefficient (Wildman–Crippen LogP) is 13.9. The molecule has 7 rings (SSSR count). The highest BCUT2D eigenvalue weighted by molar-refractivity contribution is 7.18. The Morgan fingerprint density at radius 3 is 1.15 bits per heavy atom. The SMILES string of the molecule is CCCCCCc1cc2[nH]c1/C=C\c1[nH]c(cc1CCC)-c1ccc(s1)-c1cc(CCC)c([nH]1)/C=C\c1[nH]c(cc1CCCCCC)-c1ccc-2[nH]1. The van der Waals surface area contributed by atoms with Crippen molar-refractivity contribution < 1.29 is 0 Å². The van der Waals surface area contributed by atoms with Crippen molar-refractivity contribution in [2.24, 2.45) is 0 Å². The van der Waals surface area contributed by atoms with E-state index >= 15 is 0 Å². The normalized spacial score (nSPS) is 13.6. The molecule has 0 saturated carbocycles. The number of aryl methyl sites for hydroxylation is 4. The number of thiophene rings is 1. The van der Waals surface area contributed by atoms with Crippen molar-refractivity contribution in [3.8, 4) is 43.9 Å². The van der Waals surface area contributed by atoms with E-state index < -0.39 is 0 Å². The van der Waals surface area contributed by atoms with Crippen molar-refractivity contribution in [1.82, 2.24) is 24.9 Å². The summed E-state index contributed by atoms with van der Waals surface area (Å²) in [5, 5.41) is 0. The van der Waals surface area contributed by atoms with E-state index in [1.54, 1.807) is 0 Å². The molecule has 272 valence electrons. The summed E-state index contributed by atoms with van der Waals surface area (Å²) < 4.78 is 0. The van der Waals surface area contributed by atoms with E-state index in [2.05, 4.69) is 125 Å². The standard InChI is InChI=1S/C46H57N5S/c1-5-9-11-13-17-33-27-41-39-23-24-40(51-39)42-28-34(18-14-12-10-6-2)38(48-42)22-20-36-32(16-8-4)30-44(50-36)46-26-25-45(52-46)43-29-31(15-7-3)35(49-43)19-21-37(33)47-41/h19-30,47-51H,5-18H2,1-4H3/b21-19-,22-20-,35-19?,36-20?,37-21?,38-22?,41-39?,42-40?,45-43?,46-44?. The summed E-state index contributed by atoms with van der Waals surface area (Å²) in [4.78, 5) is 21.6. The van der Waals surface area contributed by atoms with Gasteiger partial charge in [0, 0.05) is 22.8 Å². The third kappa shape index (κ3) is 8.13. The highest BCUT2D eigenvalue weighted by Crippen LogP contribution is 2.37. The summed E-state index contributed by atoms with van der Waals surface area (Å²) in [6.45, 7) is 9.10. The van der Waals surface area contributed by atoms with Crippen LogP contribution in [0.3, 0.4) is 0 Å². The van der Waals surface area contributed by atoms with E-state index in [0.29, 0.717) is 0 Å². The Kier molecular flexibility index (Phi) is 11.7. The quantitative estimate of drug-likeness (QED) is 0.0697. The first-order valence-corrected chi connectivity index (χ1v) is 20.9. The molecule has 52 heavy (non-hydrogen) atoms. The summed E-state index contributed by atoms with van der Waals surface area (Å²) >= 11 is 1.86. The topological polar surface area (TPSA) is 78.9 Å². The van der Waals surface area contributed by atoms with Gasteiger partial charge in [-0.1, -0.05) is 79.1 Å². The first-order chi connectivity index (χ1) is 25.6. The van der Waals surface area contributed by atoms with Crippen LogP contribution in [0.25, 0.3) is 68.2 Å². The third-order valence-corrected chi connectivity index (χ3v) is 11.8. The van der Waals surface area contributed by atoms with Crippen molar-refractivity contribution >= 4 is 35.6 Å². The Bertz CT molecular complexity index is 1970. The Balaban J connectivity index is 1.33. The number of rotatable bonds is 14. The molecule has 6 aromatic rings. The van der Waals surface area contributed by atoms with Crippen LogP contribution in [0.4, 0.5) is 0 Å². The molecule has 1 aliphatic heterocycles. The maximum Gasteiger partial charge on any atom is 0.0627 e. The van der Waals surface area contributed by atoms with Gasteiger partial charge < -0.3 is 24.9 Å². The van der Waals surface area contributed by atoms with E-state index in [0.717, 1.165) is 61.3 Å². The van der Waals surface area contributed by atoms with Crippen LogP contribution in [0, 0.1) is 0 Å². The summed E-state index contributed by atoms with van der Waals surface area (Å²) in [6, 6.07) is 18.5. The maximum atomic E-state index is 3.82. The lowest BCUT2D eigenvalue weighted by atomic mass is 10.1. The van der Waals surface area contributed by atoms with Gasteiger partial charge in [0.25, 0.3) is 0 Å². The van der Waals surface area contributed by atoms with E-state index in [-0.39, 0.29) is 0 Å². The van der Waals surface area contributed by atoms with Gasteiger partial charge in [-0.05, 0) is 134 Å². The molecule has 0 unspecified atom stereocenters. The molecule has 0 spiro atoms. The van der Waals surface area contributed by atoms with Crippen LogP contribution in [0.2, 0.25) is 0 Å². The van der Waals surface area contributed by atoms with Gasteiger partial charge in [0.05, 0.1) is 43.9 Å². The fourth-order valence-electron chi connectivity index (χ4n) is 7.72. The predicted molar refractivity (Wildman–Crippen MR) is 226 cm³/mol. The summed E-state index contributed by atoms with van der Waals surface area (Å²) in [5.41, 5.74) is 17.2. The monoisotopic (exact) mass is 711 g/mol. The van der Waals surface area contributed by atoms with Crippen molar-refractivity contribution in [3.05, 3.63) is 93.6 Å². The minimum Gasteiger partial charge on any atom is -0.354 e. The van der Waals surface area contributed by atoms with Gasteiger partial charge in [0.2, 0.25) is 0 Å². The summed E-state index contributed by atoms with van der Waals surface area (Å²) in [6.07, 6.45) is 25.7. The number of fused-ring (bicyclic) bond motifs is 16. The first kappa shape index (κ1) is 36.0. The van der Waals surface area contributed by atoms with E-state index in [1.165, 1.54) is 118 Å². The second kappa shape index (κ2) is 16.9. The lowest BCUT2D eigenvalue weighted by Crippen LogP contribution is -1.88. The minimum absolute atomic E-state index is 1.05. The molecule has 0 atom stereocenters. The second-order valence-electron chi connectivity index (χ2n) is 14.7. The average Bonchev–Trinajstić information content (AvgIpc) is 3.99. The van der Waals surface area contributed by atoms with Crippen LogP contribution in [-0.4, -0.2) is 24.9 Å². The molecule has 0 radical (unpaired) electrons. The number of aromatic amines is 5. The Labute approximate surface area is 314 Å². The zero-order chi connectivity index (χ0) is 35.9. The van der Waals surface area contributed by atoms with Crippen molar-refractivity contribution in [1.29, 1.82) is 0 Å². The van der Waals surface area contributed by atoms with E-state index in [1.807, 2.05) is 11.3 Å². The average molecular weight is 712 g/mol. The number of hydrogen-bond donors (Lipinski definition) is 5. The smallest absolute Gasteiger partial charge is 0.0627 e. The third-order valence-electron chi connectivity index (χ3n) is 10.6. The number of unbranched alkanes of at least 4 members (excludes halogenated alkanes) is 6. The molecule has 5 nitrogen and oxygen atoms in total. The lowest BCUT2D eigenvalue weighted by molar-refractivity contribution is 0.667. The van der Waals surface area contributed by atoms with Gasteiger partial charge in [-0.3, -0.25) is 0 Å². The van der Waals surface area contributed by atoms with Gasteiger partial charge in [0.15, 0.2) is 0 Å². The zero-order valence-electron chi connectivity index (χ0n) is 31.7. The molecule has 0 amide bonds. The molecule has 0 fully saturated rings. The first-order valence-electron chi connectivity index (χ1n) is 20.1. The Morgan fingerprint density at radius 2 is 0.750 bits per heavy atom. The Morgan fingerprint density at radius 1 is 0.365 bits per heavy atom. The molecule has 0 aromatic carbocycles. The van der Waals surface area contributed by atoms with E-state index in [9.17, 15) is 0 Å². The van der Waals surface area contributed by atoms with Crippen LogP contribution in [-0.2, 0) is 25.7 Å². The number of hydrogen-bond acceptors (Lipinski definition) is 1. The molecule has 6 aromatic heterocycles. The molecule has 12 bridgehead atoms. The fourth-order valence-corrected chi connectivity index (χ4v) is 8.67. The highest BCUT2D eigenvalue weighted by Gasteiger charge is 2.16. The van der Waals surface area contributed by atoms with E-state index in [4.69, 9.17) is 0 Å². The van der Waals surface area contributed by atoms with Gasteiger partial charge in [-0.25, -0.2) is 0 Å². The summed E-state index contributed by atoms with van der Waals surface area (Å²) in [7, 11) is 0. The van der Waals surface area contributed by atoms with Gasteiger partial charge in [0.1, 0.15) is 0 Å². The fraction of sp³-hybridized carbons (Fsp3) is 0.391. The molecule has 7 heterocycles. The maximum absolute atomic E-state index is 3.82. The highest BCUT2D eigenvalue weighted by atomic mass is 32.1. The van der Waals surface area contributed by atoms with Crippen LogP contribution >= 0.6 is 11.3 Å². The molecule has 0 saturated heterocycles. The minimum atomic E-state index is 1.05. The van der Waals surface area contributed by atoms with Crippen molar-refractivity contribution in [2.45, 2.75) is 118 Å². The zero-order valence-corrected chi connectivity index (χ0v) is 32.6. The van der Waals surface area contributed by atoms with Crippen LogP contribution < -0.4 is 0 Å². The lowest BCUT2D eigenvalue weighted by Gasteiger charge is -2.01.